The van der Waals surface area contributed by atoms with Crippen molar-refractivity contribution in [2.45, 2.75) is 13.8 Å². The second-order valence-corrected chi connectivity index (χ2v) is 4.78. The molecule has 0 unspecified atom stereocenters. The van der Waals surface area contributed by atoms with Gasteiger partial charge in [0.15, 0.2) is 0 Å². The Hall–Kier alpha value is -0.310. The van der Waals surface area contributed by atoms with Crippen LogP contribution in [-0.4, -0.2) is 22.3 Å². The minimum atomic E-state index is -0.571. The third kappa shape index (κ3) is 2.33. The number of ether oxygens (including phenoxy) is 1. The van der Waals surface area contributed by atoms with E-state index in [0.29, 0.717) is 6.61 Å². The van der Waals surface area contributed by atoms with Crippen LogP contribution in [0.3, 0.4) is 0 Å². The Bertz CT molecular complexity index is 179. The van der Waals surface area contributed by atoms with Gasteiger partial charge in [0.25, 0.3) is 0 Å². The Balaban J connectivity index is 2.21. The molecule has 1 heterocycles. The van der Waals surface area contributed by atoms with E-state index in [1.807, 2.05) is 13.0 Å². The van der Waals surface area contributed by atoms with Crippen molar-refractivity contribution in [3.63, 3.8) is 0 Å². The highest BCUT2D eigenvalue weighted by atomic mass is 32.2. The van der Waals surface area contributed by atoms with Crippen molar-refractivity contribution in [3.05, 3.63) is 12.3 Å². The SMILES string of the molecule is C/C=C/OCC1(C)CS(=O)C1. The molecule has 0 atom stereocenters. The second-order valence-electron chi connectivity index (χ2n) is 3.32. The molecule has 0 aromatic carbocycles. The molecule has 0 saturated carbocycles. The lowest BCUT2D eigenvalue weighted by molar-refractivity contribution is 0.147. The number of allylic oxidation sites excluding steroid dienone is 1. The summed E-state index contributed by atoms with van der Waals surface area (Å²) in [6.45, 7) is 4.72. The van der Waals surface area contributed by atoms with Gasteiger partial charge in [-0.2, -0.15) is 0 Å². The lowest BCUT2D eigenvalue weighted by atomic mass is 9.97. The first-order chi connectivity index (χ1) is 5.16. The van der Waals surface area contributed by atoms with Crippen molar-refractivity contribution in [1.29, 1.82) is 0 Å². The van der Waals surface area contributed by atoms with Crippen molar-refractivity contribution < 1.29 is 8.95 Å². The van der Waals surface area contributed by atoms with E-state index in [9.17, 15) is 4.21 Å². The van der Waals surface area contributed by atoms with E-state index in [2.05, 4.69) is 6.92 Å². The Morgan fingerprint density at radius 2 is 2.27 bits per heavy atom. The smallest absolute Gasteiger partial charge is 0.0944 e. The first kappa shape index (κ1) is 8.78. The van der Waals surface area contributed by atoms with E-state index < -0.39 is 10.8 Å². The van der Waals surface area contributed by atoms with Gasteiger partial charge in [-0.25, -0.2) is 0 Å². The summed E-state index contributed by atoms with van der Waals surface area (Å²) in [5, 5.41) is 0. The van der Waals surface area contributed by atoms with Gasteiger partial charge in [-0.3, -0.25) is 4.21 Å². The molecule has 0 aliphatic carbocycles. The molecule has 1 rings (SSSR count). The van der Waals surface area contributed by atoms with E-state index in [1.54, 1.807) is 6.26 Å². The van der Waals surface area contributed by atoms with Gasteiger partial charge < -0.3 is 4.74 Å². The Morgan fingerprint density at radius 1 is 1.64 bits per heavy atom. The Morgan fingerprint density at radius 3 is 2.73 bits per heavy atom. The quantitative estimate of drug-likeness (QED) is 0.603. The standard InChI is InChI=1S/C8H14O2S/c1-3-4-10-5-8(2)6-11(9)7-8/h3-4H,5-7H2,1-2H3/b4-3+. The van der Waals surface area contributed by atoms with Gasteiger partial charge in [0.05, 0.1) is 12.9 Å². The van der Waals surface area contributed by atoms with E-state index in [1.165, 1.54) is 0 Å². The maximum Gasteiger partial charge on any atom is 0.0944 e. The predicted octanol–water partition coefficient (Wildman–Crippen LogP) is 1.31. The zero-order valence-electron chi connectivity index (χ0n) is 7.00. The average Bonchev–Trinajstić information content (AvgIpc) is 1.85. The van der Waals surface area contributed by atoms with Crippen molar-refractivity contribution in [3.8, 4) is 0 Å². The molecule has 0 aromatic heterocycles. The van der Waals surface area contributed by atoms with Crippen LogP contribution >= 0.6 is 0 Å². The van der Waals surface area contributed by atoms with Crippen LogP contribution in [-0.2, 0) is 15.5 Å². The number of rotatable bonds is 3. The van der Waals surface area contributed by atoms with Crippen molar-refractivity contribution >= 4 is 10.8 Å². The van der Waals surface area contributed by atoms with Crippen LogP contribution in [0.5, 0.6) is 0 Å². The van der Waals surface area contributed by atoms with E-state index >= 15 is 0 Å². The van der Waals surface area contributed by atoms with E-state index in [4.69, 9.17) is 4.74 Å². The minimum absolute atomic E-state index is 0.171. The summed E-state index contributed by atoms with van der Waals surface area (Å²) in [6.07, 6.45) is 3.55. The molecule has 11 heavy (non-hydrogen) atoms. The molecule has 1 aliphatic heterocycles. The average molecular weight is 174 g/mol. The van der Waals surface area contributed by atoms with Gasteiger partial charge >= 0.3 is 0 Å². The fourth-order valence-electron chi connectivity index (χ4n) is 1.16. The van der Waals surface area contributed by atoms with Crippen LogP contribution in [0.1, 0.15) is 13.8 Å². The first-order valence-corrected chi connectivity index (χ1v) is 5.23. The van der Waals surface area contributed by atoms with E-state index in [-0.39, 0.29) is 5.41 Å². The molecule has 0 amide bonds. The molecule has 1 aliphatic rings. The highest BCUT2D eigenvalue weighted by Gasteiger charge is 2.38. The molecule has 0 bridgehead atoms. The number of hydrogen-bond acceptors (Lipinski definition) is 2. The van der Waals surface area contributed by atoms with Crippen molar-refractivity contribution in [2.75, 3.05) is 18.1 Å². The molecule has 0 spiro atoms. The largest absolute Gasteiger partial charge is 0.501 e. The van der Waals surface area contributed by atoms with E-state index in [0.717, 1.165) is 11.5 Å². The van der Waals surface area contributed by atoms with Crippen LogP contribution < -0.4 is 0 Å². The third-order valence-electron chi connectivity index (χ3n) is 1.68. The summed E-state index contributed by atoms with van der Waals surface area (Å²) in [6, 6.07) is 0. The lowest BCUT2D eigenvalue weighted by Gasteiger charge is -2.36. The molecule has 3 heteroatoms. The van der Waals surface area contributed by atoms with Crippen LogP contribution in [0.2, 0.25) is 0 Å². The topological polar surface area (TPSA) is 26.3 Å². The van der Waals surface area contributed by atoms with Crippen LogP contribution in [0, 0.1) is 5.41 Å². The van der Waals surface area contributed by atoms with Gasteiger partial charge in [-0.1, -0.05) is 13.0 Å². The summed E-state index contributed by atoms with van der Waals surface area (Å²) in [4.78, 5) is 0. The van der Waals surface area contributed by atoms with Gasteiger partial charge in [0, 0.05) is 27.7 Å². The first-order valence-electron chi connectivity index (χ1n) is 3.74. The molecule has 0 radical (unpaired) electrons. The van der Waals surface area contributed by atoms with Gasteiger partial charge in [0.1, 0.15) is 0 Å². The van der Waals surface area contributed by atoms with Crippen molar-refractivity contribution in [2.24, 2.45) is 5.41 Å². The third-order valence-corrected chi connectivity index (χ3v) is 3.72. The van der Waals surface area contributed by atoms with Crippen LogP contribution in [0.4, 0.5) is 0 Å². The maximum absolute atomic E-state index is 10.8. The van der Waals surface area contributed by atoms with Gasteiger partial charge in [0.2, 0.25) is 0 Å². The molecule has 0 N–H and O–H groups in total. The second kappa shape index (κ2) is 3.39. The summed E-state index contributed by atoms with van der Waals surface area (Å²) in [7, 11) is -0.571. The predicted molar refractivity (Wildman–Crippen MR) is 46.7 cm³/mol. The molecular weight excluding hydrogens is 160 g/mol. The Kier molecular flexibility index (Phi) is 2.71. The monoisotopic (exact) mass is 174 g/mol. The highest BCUT2D eigenvalue weighted by Crippen LogP contribution is 2.29. The van der Waals surface area contributed by atoms with Crippen LogP contribution in [0.25, 0.3) is 0 Å². The molecule has 64 valence electrons. The minimum Gasteiger partial charge on any atom is -0.501 e. The fraction of sp³-hybridized carbons (Fsp3) is 0.750. The summed E-state index contributed by atoms with van der Waals surface area (Å²) >= 11 is 0. The zero-order chi connectivity index (χ0) is 8.32. The fourth-order valence-corrected chi connectivity index (χ4v) is 2.80. The van der Waals surface area contributed by atoms with Crippen molar-refractivity contribution in [1.82, 2.24) is 0 Å². The maximum atomic E-state index is 10.8. The summed E-state index contributed by atoms with van der Waals surface area (Å²) in [5.41, 5.74) is 0.171. The van der Waals surface area contributed by atoms with Gasteiger partial charge in [-0.05, 0) is 6.92 Å². The normalized spacial score (nSPS) is 37.1. The molecule has 2 nitrogen and oxygen atoms in total. The highest BCUT2D eigenvalue weighted by molar-refractivity contribution is 7.86. The molecule has 1 fully saturated rings. The lowest BCUT2D eigenvalue weighted by Crippen LogP contribution is -2.45. The van der Waals surface area contributed by atoms with Gasteiger partial charge in [-0.15, -0.1) is 0 Å². The number of hydrogen-bond donors (Lipinski definition) is 0. The summed E-state index contributed by atoms with van der Waals surface area (Å²) < 4.78 is 16.0. The molecule has 0 aromatic rings. The molecular formula is C8H14O2S. The molecule has 1 saturated heterocycles. The Labute approximate surface area is 70.1 Å². The zero-order valence-corrected chi connectivity index (χ0v) is 7.82. The summed E-state index contributed by atoms with van der Waals surface area (Å²) in [5.74, 6) is 1.59. The van der Waals surface area contributed by atoms with Crippen LogP contribution in [0.15, 0.2) is 12.3 Å².